The summed E-state index contributed by atoms with van der Waals surface area (Å²) in [6.45, 7) is 0. The second kappa shape index (κ2) is 4.08. The van der Waals surface area contributed by atoms with Crippen LogP contribution >= 0.6 is 0 Å². The van der Waals surface area contributed by atoms with Crippen molar-refractivity contribution in [3.05, 3.63) is 0 Å². The van der Waals surface area contributed by atoms with Crippen LogP contribution in [0.25, 0.3) is 0 Å². The minimum Gasteiger partial charge on any atom is -0.353 e. The molecule has 0 spiro atoms. The van der Waals surface area contributed by atoms with E-state index in [2.05, 4.69) is 0 Å². The quantitative estimate of drug-likeness (QED) is 0.653. The van der Waals surface area contributed by atoms with Gasteiger partial charge in [-0.05, 0) is 0 Å². The monoisotopic (exact) mass is 183 g/mol. The van der Waals surface area contributed by atoms with Gasteiger partial charge in [0.2, 0.25) is 5.78 Å². The van der Waals surface area contributed by atoms with Gasteiger partial charge in [0.05, 0.1) is 6.42 Å². The van der Waals surface area contributed by atoms with E-state index in [1.165, 1.54) is 7.05 Å². The summed E-state index contributed by atoms with van der Waals surface area (Å²) < 4.78 is 34.5. The molecule has 3 nitrogen and oxygen atoms in total. The van der Waals surface area contributed by atoms with Crippen LogP contribution in [0.1, 0.15) is 12.8 Å². The second-order valence-electron chi connectivity index (χ2n) is 2.12. The Morgan fingerprint density at radius 3 is 2.17 bits per heavy atom. The van der Waals surface area contributed by atoms with Crippen LogP contribution < -0.4 is 5.32 Å². The number of rotatable bonds is 3. The van der Waals surface area contributed by atoms with E-state index in [0.29, 0.717) is 0 Å². The molecular formula is C6H8F3NO2. The summed E-state index contributed by atoms with van der Waals surface area (Å²) in [6, 6.07) is 0. The normalized spacial score (nSPS) is 11.0. The van der Waals surface area contributed by atoms with Crippen LogP contribution in [-0.4, -0.2) is 24.9 Å². The Hall–Kier alpha value is -1.07. The first-order valence-corrected chi connectivity index (χ1v) is 3.18. The van der Waals surface area contributed by atoms with Crippen LogP contribution in [0.2, 0.25) is 0 Å². The van der Waals surface area contributed by atoms with E-state index in [1.807, 2.05) is 5.32 Å². The molecule has 70 valence electrons. The average Bonchev–Trinajstić information content (AvgIpc) is 1.97. The summed E-state index contributed by atoms with van der Waals surface area (Å²) in [7, 11) is 1.19. The first-order valence-electron chi connectivity index (χ1n) is 3.18. The van der Waals surface area contributed by atoms with E-state index in [0.717, 1.165) is 0 Å². The number of Topliss-reactive ketones (excluding diaryl/α,β-unsaturated/α-hetero) is 1. The largest absolute Gasteiger partial charge is 0.389 e. The summed E-state index contributed by atoms with van der Waals surface area (Å²) in [5, 5.41) is 1.95. The summed E-state index contributed by atoms with van der Waals surface area (Å²) in [5.41, 5.74) is 0. The molecule has 0 rings (SSSR count). The number of likely N-dealkylation sites (N-methyl/N-ethyl adjacent to an activating group) is 1. The van der Waals surface area contributed by atoms with Crippen molar-refractivity contribution in [3.8, 4) is 0 Å². The predicted molar refractivity (Wildman–Crippen MR) is 34.4 cm³/mol. The standard InChI is InChI=1S/C6H8F3NO2/c1-10-5(12)4(11)2-3-6(7,8)9/h2-3H2,1H3,(H,10,12). The summed E-state index contributed by atoms with van der Waals surface area (Å²) in [4.78, 5) is 20.9. The van der Waals surface area contributed by atoms with Gasteiger partial charge in [0.1, 0.15) is 0 Å². The zero-order valence-electron chi connectivity index (χ0n) is 6.36. The SMILES string of the molecule is CNC(=O)C(=O)CCC(F)(F)F. The van der Waals surface area contributed by atoms with Crippen LogP contribution in [0.3, 0.4) is 0 Å². The lowest BCUT2D eigenvalue weighted by Crippen LogP contribution is -2.28. The third kappa shape index (κ3) is 4.70. The zero-order valence-corrected chi connectivity index (χ0v) is 6.36. The highest BCUT2D eigenvalue weighted by Crippen LogP contribution is 2.21. The first kappa shape index (κ1) is 10.9. The molecule has 0 unspecified atom stereocenters. The van der Waals surface area contributed by atoms with Crippen molar-refractivity contribution in [2.75, 3.05) is 7.05 Å². The van der Waals surface area contributed by atoms with Crippen molar-refractivity contribution >= 4 is 11.7 Å². The van der Waals surface area contributed by atoms with E-state index in [1.54, 1.807) is 0 Å². The van der Waals surface area contributed by atoms with Crippen molar-refractivity contribution in [1.82, 2.24) is 5.32 Å². The molecule has 1 amide bonds. The first-order chi connectivity index (χ1) is 5.37. The Bertz CT molecular complexity index is 188. The minimum atomic E-state index is -4.39. The molecule has 0 atom stereocenters. The highest BCUT2D eigenvalue weighted by atomic mass is 19.4. The van der Waals surface area contributed by atoms with Gasteiger partial charge in [-0.15, -0.1) is 0 Å². The van der Waals surface area contributed by atoms with E-state index in [-0.39, 0.29) is 0 Å². The summed E-state index contributed by atoms with van der Waals surface area (Å²) >= 11 is 0. The van der Waals surface area contributed by atoms with Crippen molar-refractivity contribution in [2.45, 2.75) is 19.0 Å². The number of carbonyl (C=O) groups is 2. The van der Waals surface area contributed by atoms with Crippen molar-refractivity contribution in [1.29, 1.82) is 0 Å². The molecule has 0 heterocycles. The molecule has 0 saturated heterocycles. The van der Waals surface area contributed by atoms with Gasteiger partial charge in [0, 0.05) is 13.5 Å². The maximum atomic E-state index is 11.5. The molecule has 0 aliphatic rings. The molecule has 0 aliphatic heterocycles. The van der Waals surface area contributed by atoms with Crippen LogP contribution in [0.4, 0.5) is 13.2 Å². The molecule has 12 heavy (non-hydrogen) atoms. The van der Waals surface area contributed by atoms with E-state index < -0.39 is 30.7 Å². The minimum absolute atomic E-state index is 0.789. The third-order valence-electron chi connectivity index (χ3n) is 1.12. The Kier molecular flexibility index (Phi) is 3.72. The molecule has 0 aromatic carbocycles. The Labute approximate surface area is 66.9 Å². The number of hydrogen-bond donors (Lipinski definition) is 1. The van der Waals surface area contributed by atoms with Gasteiger partial charge in [-0.1, -0.05) is 0 Å². The predicted octanol–water partition coefficient (Wildman–Crippen LogP) is 0.644. The smallest absolute Gasteiger partial charge is 0.353 e. The fourth-order valence-electron chi connectivity index (χ4n) is 0.508. The lowest BCUT2D eigenvalue weighted by molar-refractivity contribution is -0.148. The van der Waals surface area contributed by atoms with Gasteiger partial charge in [-0.3, -0.25) is 9.59 Å². The fraction of sp³-hybridized carbons (Fsp3) is 0.667. The molecule has 0 radical (unpaired) electrons. The van der Waals surface area contributed by atoms with E-state index in [9.17, 15) is 22.8 Å². The van der Waals surface area contributed by atoms with Gasteiger partial charge in [-0.2, -0.15) is 13.2 Å². The number of alkyl halides is 3. The number of carbonyl (C=O) groups excluding carboxylic acids is 2. The second-order valence-corrected chi connectivity index (χ2v) is 2.12. The molecule has 0 fully saturated rings. The number of ketones is 1. The molecule has 0 aliphatic carbocycles. The number of amides is 1. The topological polar surface area (TPSA) is 46.2 Å². The molecule has 6 heteroatoms. The van der Waals surface area contributed by atoms with Gasteiger partial charge in [0.25, 0.3) is 5.91 Å². The average molecular weight is 183 g/mol. The van der Waals surface area contributed by atoms with Crippen LogP contribution in [0.5, 0.6) is 0 Å². The van der Waals surface area contributed by atoms with Crippen LogP contribution in [-0.2, 0) is 9.59 Å². The van der Waals surface area contributed by atoms with Crippen molar-refractivity contribution in [2.24, 2.45) is 0 Å². The molecule has 0 bridgehead atoms. The highest BCUT2D eigenvalue weighted by molar-refractivity contribution is 6.36. The number of hydrogen-bond acceptors (Lipinski definition) is 2. The highest BCUT2D eigenvalue weighted by Gasteiger charge is 2.29. The van der Waals surface area contributed by atoms with Gasteiger partial charge < -0.3 is 5.32 Å². The lowest BCUT2D eigenvalue weighted by Gasteiger charge is -2.03. The third-order valence-corrected chi connectivity index (χ3v) is 1.12. The van der Waals surface area contributed by atoms with Crippen LogP contribution in [0, 0.1) is 0 Å². The van der Waals surface area contributed by atoms with E-state index in [4.69, 9.17) is 0 Å². The van der Waals surface area contributed by atoms with Gasteiger partial charge >= 0.3 is 6.18 Å². The number of nitrogens with one attached hydrogen (secondary N) is 1. The Morgan fingerprint density at radius 2 is 1.83 bits per heavy atom. The maximum Gasteiger partial charge on any atom is 0.389 e. The molecule has 0 aromatic heterocycles. The zero-order chi connectivity index (χ0) is 9.78. The molecule has 0 saturated carbocycles. The Morgan fingerprint density at radius 1 is 1.33 bits per heavy atom. The maximum absolute atomic E-state index is 11.5. The molecule has 1 N–H and O–H groups in total. The van der Waals surface area contributed by atoms with Crippen molar-refractivity contribution in [3.63, 3.8) is 0 Å². The molecule has 0 aromatic rings. The summed E-state index contributed by atoms with van der Waals surface area (Å²) in [5.74, 6) is -2.03. The lowest BCUT2D eigenvalue weighted by atomic mass is 10.2. The van der Waals surface area contributed by atoms with Crippen molar-refractivity contribution < 1.29 is 22.8 Å². The van der Waals surface area contributed by atoms with Crippen LogP contribution in [0.15, 0.2) is 0 Å². The van der Waals surface area contributed by atoms with E-state index >= 15 is 0 Å². The molecular weight excluding hydrogens is 175 g/mol. The van der Waals surface area contributed by atoms with Gasteiger partial charge in [-0.25, -0.2) is 0 Å². The Balaban J connectivity index is 3.80. The summed E-state index contributed by atoms with van der Waals surface area (Å²) in [6.07, 6.45) is -6.42. The van der Waals surface area contributed by atoms with Gasteiger partial charge in [0.15, 0.2) is 0 Å². The fourth-order valence-corrected chi connectivity index (χ4v) is 0.508. The number of halogens is 3.